The van der Waals surface area contributed by atoms with Crippen LogP contribution in [0.2, 0.25) is 0 Å². The van der Waals surface area contributed by atoms with Gasteiger partial charge in [0.25, 0.3) is 0 Å². The monoisotopic (exact) mass is 277 g/mol. The zero-order valence-corrected chi connectivity index (χ0v) is 10.5. The van der Waals surface area contributed by atoms with Gasteiger partial charge in [0, 0.05) is 23.2 Å². The lowest BCUT2D eigenvalue weighted by Crippen LogP contribution is -2.27. The minimum atomic E-state index is -4.24. The van der Waals surface area contributed by atoms with Crippen LogP contribution in [-0.4, -0.2) is 31.7 Å². The van der Waals surface area contributed by atoms with Crippen LogP contribution in [0.1, 0.15) is 11.6 Å². The summed E-state index contributed by atoms with van der Waals surface area (Å²) in [6.07, 6.45) is -4.24. The van der Waals surface area contributed by atoms with Gasteiger partial charge in [0.15, 0.2) is 0 Å². The molecule has 1 aliphatic heterocycles. The molecule has 1 N–H and O–H groups in total. The molecule has 2 nitrogen and oxygen atoms in total. The van der Waals surface area contributed by atoms with Crippen LogP contribution in [0.5, 0.6) is 0 Å². The van der Waals surface area contributed by atoms with E-state index in [1.807, 2.05) is 18.2 Å². The van der Waals surface area contributed by atoms with Crippen LogP contribution < -0.4 is 5.32 Å². The molecule has 0 spiro atoms. The Morgan fingerprint density at radius 2 is 2.11 bits per heavy atom. The summed E-state index contributed by atoms with van der Waals surface area (Å²) in [7, 11) is 0. The molecule has 2 rings (SSSR count). The van der Waals surface area contributed by atoms with Gasteiger partial charge in [-0.25, -0.2) is 0 Å². The van der Waals surface area contributed by atoms with Crippen molar-refractivity contribution >= 4 is 11.8 Å². The molecule has 1 heterocycles. The van der Waals surface area contributed by atoms with Crippen LogP contribution in [0.4, 0.5) is 13.2 Å². The Balaban J connectivity index is 1.70. The maximum Gasteiger partial charge on any atom is 0.411 e. The van der Waals surface area contributed by atoms with Crippen molar-refractivity contribution in [3.8, 4) is 0 Å². The van der Waals surface area contributed by atoms with E-state index in [0.29, 0.717) is 6.54 Å². The van der Waals surface area contributed by atoms with Crippen LogP contribution in [0.3, 0.4) is 0 Å². The molecule has 0 amide bonds. The van der Waals surface area contributed by atoms with Gasteiger partial charge in [0.1, 0.15) is 6.61 Å². The Labute approximate surface area is 108 Å². The summed E-state index contributed by atoms with van der Waals surface area (Å²) >= 11 is 1.76. The molecule has 0 fully saturated rings. The highest BCUT2D eigenvalue weighted by atomic mass is 32.2. The largest absolute Gasteiger partial charge is 0.411 e. The number of thioether (sulfide) groups is 1. The first-order valence-corrected chi connectivity index (χ1v) is 6.64. The van der Waals surface area contributed by atoms with E-state index in [4.69, 9.17) is 0 Å². The average Bonchev–Trinajstić information content (AvgIpc) is 2.71. The SMILES string of the molecule is FC(F)(F)COCCNC1CSc2ccccc21. The van der Waals surface area contributed by atoms with Crippen LogP contribution >= 0.6 is 11.8 Å². The van der Waals surface area contributed by atoms with Crippen molar-refractivity contribution in [2.24, 2.45) is 0 Å². The van der Waals surface area contributed by atoms with E-state index < -0.39 is 12.8 Å². The van der Waals surface area contributed by atoms with E-state index >= 15 is 0 Å². The van der Waals surface area contributed by atoms with Crippen LogP contribution in [0, 0.1) is 0 Å². The third kappa shape index (κ3) is 3.90. The summed E-state index contributed by atoms with van der Waals surface area (Å²) in [5.41, 5.74) is 1.22. The second kappa shape index (κ2) is 5.95. The summed E-state index contributed by atoms with van der Waals surface area (Å²) in [6, 6.07) is 8.27. The number of hydrogen-bond acceptors (Lipinski definition) is 3. The zero-order chi connectivity index (χ0) is 13.0. The van der Waals surface area contributed by atoms with Crippen molar-refractivity contribution in [2.75, 3.05) is 25.5 Å². The molecule has 1 unspecified atom stereocenters. The molecular weight excluding hydrogens is 263 g/mol. The second-order valence-corrected chi connectivity index (χ2v) is 5.09. The third-order valence-corrected chi connectivity index (χ3v) is 3.79. The fourth-order valence-corrected chi connectivity index (χ4v) is 3.02. The van der Waals surface area contributed by atoms with Gasteiger partial charge in [0.2, 0.25) is 0 Å². The van der Waals surface area contributed by atoms with Gasteiger partial charge < -0.3 is 10.1 Å². The first-order valence-electron chi connectivity index (χ1n) is 5.66. The first-order chi connectivity index (χ1) is 8.56. The molecular formula is C12H14F3NOS. The van der Waals surface area contributed by atoms with Crippen LogP contribution in [-0.2, 0) is 4.74 Å². The van der Waals surface area contributed by atoms with E-state index in [2.05, 4.69) is 16.1 Å². The standard InChI is InChI=1S/C12H14F3NOS/c13-12(14,15)8-17-6-5-16-10-7-18-11-4-2-1-3-9(10)11/h1-4,10,16H,5-8H2. The summed E-state index contributed by atoms with van der Waals surface area (Å²) in [4.78, 5) is 1.24. The number of benzene rings is 1. The molecule has 0 bridgehead atoms. The molecule has 0 aliphatic carbocycles. The number of halogens is 3. The third-order valence-electron chi connectivity index (χ3n) is 2.60. The van der Waals surface area contributed by atoms with Crippen molar-refractivity contribution in [1.82, 2.24) is 5.32 Å². The second-order valence-electron chi connectivity index (χ2n) is 4.02. The van der Waals surface area contributed by atoms with Gasteiger partial charge in [-0.1, -0.05) is 18.2 Å². The van der Waals surface area contributed by atoms with E-state index in [-0.39, 0.29) is 12.6 Å². The number of alkyl halides is 3. The topological polar surface area (TPSA) is 21.3 Å². The molecule has 1 aromatic rings. The molecule has 1 aromatic carbocycles. The van der Waals surface area contributed by atoms with Crippen LogP contribution in [0.25, 0.3) is 0 Å². The molecule has 0 saturated carbocycles. The minimum absolute atomic E-state index is 0.0723. The molecule has 0 saturated heterocycles. The van der Waals surface area contributed by atoms with Crippen molar-refractivity contribution in [2.45, 2.75) is 17.1 Å². The van der Waals surface area contributed by atoms with Crippen molar-refractivity contribution < 1.29 is 17.9 Å². The molecule has 18 heavy (non-hydrogen) atoms. The summed E-state index contributed by atoms with van der Waals surface area (Å²) < 4.78 is 40.0. The van der Waals surface area contributed by atoms with Crippen LogP contribution in [0.15, 0.2) is 29.2 Å². The lowest BCUT2D eigenvalue weighted by Gasteiger charge is -2.13. The van der Waals surface area contributed by atoms with Gasteiger partial charge >= 0.3 is 6.18 Å². The van der Waals surface area contributed by atoms with E-state index in [0.717, 1.165) is 5.75 Å². The highest BCUT2D eigenvalue weighted by molar-refractivity contribution is 7.99. The molecule has 6 heteroatoms. The fourth-order valence-electron chi connectivity index (χ4n) is 1.82. The van der Waals surface area contributed by atoms with Crippen molar-refractivity contribution in [3.63, 3.8) is 0 Å². The van der Waals surface area contributed by atoms with Crippen molar-refractivity contribution in [3.05, 3.63) is 29.8 Å². The van der Waals surface area contributed by atoms with E-state index in [9.17, 15) is 13.2 Å². The average molecular weight is 277 g/mol. The summed E-state index contributed by atoms with van der Waals surface area (Å²) in [5.74, 6) is 0.915. The minimum Gasteiger partial charge on any atom is -0.371 e. The number of rotatable bonds is 5. The number of ether oxygens (including phenoxy) is 1. The van der Waals surface area contributed by atoms with Gasteiger partial charge in [0.05, 0.1) is 6.61 Å². The predicted octanol–water partition coefficient (Wildman–Crippen LogP) is 3.00. The lowest BCUT2D eigenvalue weighted by molar-refractivity contribution is -0.173. The van der Waals surface area contributed by atoms with E-state index in [1.54, 1.807) is 11.8 Å². The van der Waals surface area contributed by atoms with Gasteiger partial charge in [-0.15, -0.1) is 11.8 Å². The number of fused-ring (bicyclic) bond motifs is 1. The maximum atomic E-state index is 11.8. The van der Waals surface area contributed by atoms with Gasteiger partial charge in [-0.05, 0) is 11.6 Å². The first kappa shape index (κ1) is 13.7. The zero-order valence-electron chi connectivity index (χ0n) is 9.67. The smallest absolute Gasteiger partial charge is 0.371 e. The predicted molar refractivity (Wildman–Crippen MR) is 64.8 cm³/mol. The number of hydrogen-bond donors (Lipinski definition) is 1. The Hall–Kier alpha value is -0.720. The lowest BCUT2D eigenvalue weighted by atomic mass is 10.1. The highest BCUT2D eigenvalue weighted by Gasteiger charge is 2.27. The molecule has 1 atom stereocenters. The Morgan fingerprint density at radius 3 is 2.89 bits per heavy atom. The number of nitrogens with one attached hydrogen (secondary N) is 1. The summed E-state index contributed by atoms with van der Waals surface area (Å²) in [6.45, 7) is -0.677. The van der Waals surface area contributed by atoms with Crippen molar-refractivity contribution in [1.29, 1.82) is 0 Å². The normalized spacial score (nSPS) is 18.9. The maximum absolute atomic E-state index is 11.8. The van der Waals surface area contributed by atoms with E-state index in [1.165, 1.54) is 10.5 Å². The van der Waals surface area contributed by atoms with Gasteiger partial charge in [-0.2, -0.15) is 13.2 Å². The Morgan fingerprint density at radius 1 is 1.33 bits per heavy atom. The molecule has 0 aromatic heterocycles. The Bertz CT molecular complexity index is 397. The molecule has 100 valence electrons. The fraction of sp³-hybridized carbons (Fsp3) is 0.500. The molecule has 0 radical (unpaired) electrons. The Kier molecular flexibility index (Phi) is 4.53. The quantitative estimate of drug-likeness (QED) is 0.836. The summed E-state index contributed by atoms with van der Waals surface area (Å²) in [5, 5.41) is 3.21. The van der Waals surface area contributed by atoms with Gasteiger partial charge in [-0.3, -0.25) is 0 Å². The highest BCUT2D eigenvalue weighted by Crippen LogP contribution is 2.37. The molecule has 1 aliphatic rings.